The summed E-state index contributed by atoms with van der Waals surface area (Å²) in [5.41, 5.74) is 4.83. The van der Waals surface area contributed by atoms with Gasteiger partial charge in [-0.1, -0.05) is 42.8 Å². The van der Waals surface area contributed by atoms with Crippen molar-refractivity contribution in [3.05, 3.63) is 82.2 Å². The third kappa shape index (κ3) is 4.19. The Hall–Kier alpha value is -3.54. The first-order chi connectivity index (χ1) is 17.6. The van der Waals surface area contributed by atoms with E-state index in [2.05, 4.69) is 17.4 Å². The molecule has 0 bridgehead atoms. The van der Waals surface area contributed by atoms with Crippen LogP contribution in [0, 0.1) is 0 Å². The Morgan fingerprint density at radius 3 is 2.53 bits per heavy atom. The molecule has 0 radical (unpaired) electrons. The number of nitrogens with one attached hydrogen (secondary N) is 1. The highest BCUT2D eigenvalue weighted by atomic mass is 16.7. The fourth-order valence-corrected chi connectivity index (χ4v) is 6.09. The second-order valence-corrected chi connectivity index (χ2v) is 10.2. The molecule has 186 valence electrons. The average Bonchev–Trinajstić information content (AvgIpc) is 3.37. The lowest BCUT2D eigenvalue weighted by molar-refractivity contribution is -0.146. The summed E-state index contributed by atoms with van der Waals surface area (Å²) in [6, 6.07) is 15.9. The van der Waals surface area contributed by atoms with Crippen LogP contribution in [0.2, 0.25) is 0 Å². The van der Waals surface area contributed by atoms with Crippen LogP contribution in [0.1, 0.15) is 74.8 Å². The zero-order valence-corrected chi connectivity index (χ0v) is 20.5. The number of allylic oxidation sites excluding steroid dienone is 3. The number of hydrogen-bond acceptors (Lipinski definition) is 6. The minimum Gasteiger partial charge on any atom is -0.459 e. The van der Waals surface area contributed by atoms with Crippen LogP contribution in [-0.2, 0) is 14.3 Å². The third-order valence-electron chi connectivity index (χ3n) is 7.87. The summed E-state index contributed by atoms with van der Waals surface area (Å²) in [6.07, 6.45) is 6.19. The summed E-state index contributed by atoms with van der Waals surface area (Å²) in [5.74, 6) is 0.640. The van der Waals surface area contributed by atoms with Crippen LogP contribution in [-0.4, -0.2) is 24.6 Å². The van der Waals surface area contributed by atoms with E-state index in [9.17, 15) is 9.59 Å². The number of ether oxygens (including phenoxy) is 3. The summed E-state index contributed by atoms with van der Waals surface area (Å²) in [4.78, 5) is 27.4. The van der Waals surface area contributed by atoms with Crippen LogP contribution >= 0.6 is 0 Å². The third-order valence-corrected chi connectivity index (χ3v) is 7.87. The normalized spacial score (nSPS) is 23.9. The predicted molar refractivity (Wildman–Crippen MR) is 135 cm³/mol. The number of dihydropyridines is 1. The molecule has 1 fully saturated rings. The maximum absolute atomic E-state index is 13.8. The topological polar surface area (TPSA) is 73.9 Å². The van der Waals surface area contributed by atoms with Gasteiger partial charge in [0.1, 0.15) is 6.10 Å². The molecule has 1 N–H and O–H groups in total. The van der Waals surface area contributed by atoms with Crippen molar-refractivity contribution in [2.24, 2.45) is 0 Å². The molecule has 0 amide bonds. The van der Waals surface area contributed by atoms with Crippen molar-refractivity contribution in [1.82, 2.24) is 5.32 Å². The second kappa shape index (κ2) is 9.49. The van der Waals surface area contributed by atoms with Crippen LogP contribution in [0.15, 0.2) is 71.1 Å². The van der Waals surface area contributed by atoms with Gasteiger partial charge in [0, 0.05) is 29.3 Å². The van der Waals surface area contributed by atoms with E-state index in [1.54, 1.807) is 0 Å². The Kier molecular flexibility index (Phi) is 6.04. The molecule has 36 heavy (non-hydrogen) atoms. The first-order valence-corrected chi connectivity index (χ1v) is 13.0. The van der Waals surface area contributed by atoms with E-state index in [1.165, 1.54) is 6.42 Å². The summed E-state index contributed by atoms with van der Waals surface area (Å²) in [7, 11) is 0. The standard InChI is InChI=1S/C30H31NO5/c1-18-27(30(33)36-22-10-6-3-7-11-22)28(20-12-13-25-26(16-20)35-17-34-25)29-23(31-18)14-21(15-24(29)32)19-8-4-2-5-9-19/h2,4-5,8-9,12-13,16,21-22,28,31H,3,6-7,10-11,14-15,17H2,1H3/t21-,28-/m1/s1. The van der Waals surface area contributed by atoms with E-state index in [1.807, 2.05) is 43.3 Å². The smallest absolute Gasteiger partial charge is 0.337 e. The molecule has 0 aromatic heterocycles. The fraction of sp³-hybridized carbons (Fsp3) is 0.400. The summed E-state index contributed by atoms with van der Waals surface area (Å²) < 4.78 is 17.2. The number of ketones is 1. The first-order valence-electron chi connectivity index (χ1n) is 13.0. The Bertz CT molecular complexity index is 1260. The molecule has 2 aliphatic carbocycles. The molecule has 2 atom stereocenters. The minimum absolute atomic E-state index is 0.0655. The number of esters is 1. The van der Waals surface area contributed by atoms with Crippen molar-refractivity contribution in [2.75, 3.05) is 6.79 Å². The molecule has 6 rings (SSSR count). The molecule has 1 saturated carbocycles. The molecule has 2 aliphatic heterocycles. The lowest BCUT2D eigenvalue weighted by atomic mass is 9.71. The van der Waals surface area contributed by atoms with Gasteiger partial charge in [0.25, 0.3) is 0 Å². The zero-order chi connectivity index (χ0) is 24.6. The SMILES string of the molecule is CC1=C(C(=O)OC2CCCCC2)[C@@H](c2ccc3c(c2)OCO3)C2=C(C[C@@H](c3ccccc3)CC2=O)N1. The van der Waals surface area contributed by atoms with Gasteiger partial charge < -0.3 is 19.5 Å². The highest BCUT2D eigenvalue weighted by Crippen LogP contribution is 2.47. The van der Waals surface area contributed by atoms with Gasteiger partial charge in [-0.3, -0.25) is 4.79 Å². The van der Waals surface area contributed by atoms with Crippen molar-refractivity contribution >= 4 is 11.8 Å². The molecule has 6 nitrogen and oxygen atoms in total. The number of fused-ring (bicyclic) bond motifs is 1. The first kappa shape index (κ1) is 22.9. The molecule has 4 aliphatic rings. The molecular formula is C30H31NO5. The monoisotopic (exact) mass is 485 g/mol. The van der Waals surface area contributed by atoms with E-state index >= 15 is 0 Å². The summed E-state index contributed by atoms with van der Waals surface area (Å²) in [5, 5.41) is 3.45. The van der Waals surface area contributed by atoms with Crippen molar-refractivity contribution < 1.29 is 23.8 Å². The summed E-state index contributed by atoms with van der Waals surface area (Å²) >= 11 is 0. The van der Waals surface area contributed by atoms with Crippen LogP contribution < -0.4 is 14.8 Å². The largest absolute Gasteiger partial charge is 0.459 e. The number of carbonyl (C=O) groups excluding carboxylic acids is 2. The lowest BCUT2D eigenvalue weighted by Crippen LogP contribution is -2.37. The van der Waals surface area contributed by atoms with Gasteiger partial charge in [-0.2, -0.15) is 0 Å². The van der Waals surface area contributed by atoms with Gasteiger partial charge >= 0.3 is 5.97 Å². The lowest BCUT2D eigenvalue weighted by Gasteiger charge is -2.37. The molecular weight excluding hydrogens is 454 g/mol. The van der Waals surface area contributed by atoms with Gasteiger partial charge in [0.15, 0.2) is 17.3 Å². The van der Waals surface area contributed by atoms with Crippen LogP contribution in [0.3, 0.4) is 0 Å². The van der Waals surface area contributed by atoms with E-state index in [0.717, 1.165) is 48.2 Å². The Morgan fingerprint density at radius 2 is 1.72 bits per heavy atom. The molecule has 2 heterocycles. The van der Waals surface area contributed by atoms with Gasteiger partial charge in [0.05, 0.1) is 5.57 Å². The van der Waals surface area contributed by atoms with Crippen molar-refractivity contribution in [3.63, 3.8) is 0 Å². The minimum atomic E-state index is -0.504. The number of Topliss-reactive ketones (excluding diaryl/α,β-unsaturated/α-hetero) is 1. The van der Waals surface area contributed by atoms with Gasteiger partial charge in [-0.15, -0.1) is 0 Å². The predicted octanol–water partition coefficient (Wildman–Crippen LogP) is 5.65. The Morgan fingerprint density at radius 1 is 0.944 bits per heavy atom. The van der Waals surface area contributed by atoms with Gasteiger partial charge in [-0.05, 0) is 68.2 Å². The van der Waals surface area contributed by atoms with Crippen molar-refractivity contribution in [2.45, 2.75) is 69.8 Å². The molecule has 0 unspecified atom stereocenters. The quantitative estimate of drug-likeness (QED) is 0.564. The van der Waals surface area contributed by atoms with Gasteiger partial charge in [0.2, 0.25) is 6.79 Å². The Balaban J connectivity index is 1.39. The van der Waals surface area contributed by atoms with Crippen molar-refractivity contribution in [3.8, 4) is 11.5 Å². The van der Waals surface area contributed by atoms with E-state index in [0.29, 0.717) is 35.5 Å². The highest BCUT2D eigenvalue weighted by molar-refractivity contribution is 6.04. The number of benzene rings is 2. The molecule has 2 aromatic rings. The van der Waals surface area contributed by atoms with Crippen LogP contribution in [0.5, 0.6) is 11.5 Å². The molecule has 0 saturated heterocycles. The average molecular weight is 486 g/mol. The van der Waals surface area contributed by atoms with Crippen molar-refractivity contribution in [1.29, 1.82) is 0 Å². The molecule has 2 aromatic carbocycles. The highest BCUT2D eigenvalue weighted by Gasteiger charge is 2.42. The zero-order valence-electron chi connectivity index (χ0n) is 20.5. The van der Waals surface area contributed by atoms with Crippen LogP contribution in [0.4, 0.5) is 0 Å². The second-order valence-electron chi connectivity index (χ2n) is 10.2. The van der Waals surface area contributed by atoms with E-state index < -0.39 is 5.92 Å². The Labute approximate surface area is 211 Å². The van der Waals surface area contributed by atoms with E-state index in [-0.39, 0.29) is 30.6 Å². The van der Waals surface area contributed by atoms with Gasteiger partial charge in [-0.25, -0.2) is 4.79 Å². The maximum atomic E-state index is 13.8. The van der Waals surface area contributed by atoms with Crippen LogP contribution in [0.25, 0.3) is 0 Å². The maximum Gasteiger partial charge on any atom is 0.337 e. The number of hydrogen-bond donors (Lipinski definition) is 1. The summed E-state index contributed by atoms with van der Waals surface area (Å²) in [6.45, 7) is 2.08. The fourth-order valence-electron chi connectivity index (χ4n) is 6.09. The number of carbonyl (C=O) groups is 2. The number of rotatable bonds is 4. The van der Waals surface area contributed by atoms with E-state index in [4.69, 9.17) is 14.2 Å². The molecule has 6 heteroatoms. The molecule has 0 spiro atoms.